The molecule has 1 heterocycles. The third-order valence-corrected chi connectivity index (χ3v) is 4.34. The molecule has 0 aliphatic carbocycles. The number of aromatic nitrogens is 1. The lowest BCUT2D eigenvalue weighted by Gasteiger charge is -2.12. The van der Waals surface area contributed by atoms with E-state index in [1.54, 1.807) is 43.5 Å². The first-order valence-electron chi connectivity index (χ1n) is 8.73. The molecule has 0 fully saturated rings. The molecular formula is C21H21ClN4O2. The Morgan fingerprint density at radius 1 is 1.18 bits per heavy atom. The number of carbonyl (C=O) groups is 1. The molecule has 0 saturated heterocycles. The molecule has 6 nitrogen and oxygen atoms in total. The fraction of sp³-hybridized carbons (Fsp3) is 0.190. The van der Waals surface area contributed by atoms with Crippen LogP contribution in [0, 0.1) is 6.92 Å². The van der Waals surface area contributed by atoms with Gasteiger partial charge in [-0.2, -0.15) is 0 Å². The van der Waals surface area contributed by atoms with E-state index in [9.17, 15) is 4.79 Å². The van der Waals surface area contributed by atoms with Gasteiger partial charge in [-0.05, 0) is 55.5 Å². The number of amides is 1. The monoisotopic (exact) mass is 396 g/mol. The maximum atomic E-state index is 12.8. The predicted molar refractivity (Wildman–Crippen MR) is 113 cm³/mol. The molecule has 3 aromatic rings. The largest absolute Gasteiger partial charge is 0.378 e. The Labute approximate surface area is 168 Å². The zero-order chi connectivity index (χ0) is 20.1. The second-order valence-corrected chi connectivity index (χ2v) is 6.97. The van der Waals surface area contributed by atoms with Crippen molar-refractivity contribution in [2.75, 3.05) is 24.3 Å². The van der Waals surface area contributed by atoms with Gasteiger partial charge in [0.25, 0.3) is 0 Å². The lowest BCUT2D eigenvalue weighted by molar-refractivity contribution is -0.116. The molecule has 144 valence electrons. The summed E-state index contributed by atoms with van der Waals surface area (Å²) in [5, 5.41) is 7.34. The summed E-state index contributed by atoms with van der Waals surface area (Å²) in [4.78, 5) is 19.3. The van der Waals surface area contributed by atoms with Gasteiger partial charge in [-0.3, -0.25) is 9.79 Å². The predicted octanol–water partition coefficient (Wildman–Crippen LogP) is 4.83. The van der Waals surface area contributed by atoms with Gasteiger partial charge in [0.05, 0.1) is 11.4 Å². The van der Waals surface area contributed by atoms with Crippen LogP contribution in [0.3, 0.4) is 0 Å². The summed E-state index contributed by atoms with van der Waals surface area (Å²) < 4.78 is 5.31. The van der Waals surface area contributed by atoms with E-state index in [0.29, 0.717) is 22.2 Å². The van der Waals surface area contributed by atoms with E-state index < -0.39 is 5.92 Å². The number of benzene rings is 2. The summed E-state index contributed by atoms with van der Waals surface area (Å²) in [7, 11) is 3.95. The topological polar surface area (TPSA) is 70.7 Å². The van der Waals surface area contributed by atoms with Crippen LogP contribution in [-0.2, 0) is 4.79 Å². The molecule has 1 amide bonds. The SMILES string of the molecule is Cc1cc(C(C=Nc2ccc(N(C)C)cc2)C(=O)Nc2ccc(Cl)cc2)on1. The Morgan fingerprint density at radius 2 is 1.86 bits per heavy atom. The molecule has 0 spiro atoms. The Hall–Kier alpha value is -3.12. The van der Waals surface area contributed by atoms with E-state index in [4.69, 9.17) is 16.1 Å². The van der Waals surface area contributed by atoms with Crippen LogP contribution < -0.4 is 10.2 Å². The zero-order valence-electron chi connectivity index (χ0n) is 15.9. The van der Waals surface area contributed by atoms with Crippen molar-refractivity contribution in [3.05, 3.63) is 71.1 Å². The smallest absolute Gasteiger partial charge is 0.240 e. The highest BCUT2D eigenvalue weighted by molar-refractivity contribution is 6.30. The van der Waals surface area contributed by atoms with Crippen LogP contribution in [0.4, 0.5) is 17.1 Å². The summed E-state index contributed by atoms with van der Waals surface area (Å²) in [6, 6.07) is 16.4. The number of hydrogen-bond donors (Lipinski definition) is 1. The van der Waals surface area contributed by atoms with E-state index in [1.165, 1.54) is 0 Å². The number of aryl methyl sites for hydroxylation is 1. The van der Waals surface area contributed by atoms with Crippen molar-refractivity contribution in [3.63, 3.8) is 0 Å². The van der Waals surface area contributed by atoms with Crippen LogP contribution in [0.15, 0.2) is 64.1 Å². The van der Waals surface area contributed by atoms with Gasteiger partial charge >= 0.3 is 0 Å². The molecule has 0 radical (unpaired) electrons. The van der Waals surface area contributed by atoms with Crippen LogP contribution in [0.25, 0.3) is 0 Å². The normalized spacial score (nSPS) is 12.1. The standard InChI is InChI=1S/C21H21ClN4O2/c1-14-12-20(28-25-14)19(21(27)24-17-6-4-15(22)5-7-17)13-23-16-8-10-18(11-9-16)26(2)3/h4-13,19H,1-3H3,(H,24,27). The van der Waals surface area contributed by atoms with Gasteiger partial charge in [-0.25, -0.2) is 0 Å². The summed E-state index contributed by atoms with van der Waals surface area (Å²) in [5.41, 5.74) is 3.15. The maximum Gasteiger partial charge on any atom is 0.240 e. The number of rotatable bonds is 6. The molecule has 0 saturated carbocycles. The molecule has 1 unspecified atom stereocenters. The highest BCUT2D eigenvalue weighted by Crippen LogP contribution is 2.22. The minimum absolute atomic E-state index is 0.271. The lowest BCUT2D eigenvalue weighted by atomic mass is 10.1. The molecule has 2 aromatic carbocycles. The third-order valence-electron chi connectivity index (χ3n) is 4.09. The maximum absolute atomic E-state index is 12.8. The number of nitrogens with one attached hydrogen (secondary N) is 1. The number of halogens is 1. The minimum Gasteiger partial charge on any atom is -0.378 e. The Balaban J connectivity index is 1.82. The van der Waals surface area contributed by atoms with Crippen molar-refractivity contribution < 1.29 is 9.32 Å². The first-order valence-corrected chi connectivity index (χ1v) is 9.11. The molecule has 1 atom stereocenters. The summed E-state index contributed by atoms with van der Waals surface area (Å²) in [6.45, 7) is 1.80. The van der Waals surface area contributed by atoms with Crippen LogP contribution in [-0.4, -0.2) is 31.4 Å². The van der Waals surface area contributed by atoms with E-state index in [-0.39, 0.29) is 5.91 Å². The average molecular weight is 397 g/mol. The number of hydrogen-bond acceptors (Lipinski definition) is 5. The second kappa shape index (κ2) is 8.71. The van der Waals surface area contributed by atoms with Gasteiger partial charge in [0.2, 0.25) is 5.91 Å². The van der Waals surface area contributed by atoms with Gasteiger partial charge in [-0.1, -0.05) is 16.8 Å². The lowest BCUT2D eigenvalue weighted by Crippen LogP contribution is -2.22. The van der Waals surface area contributed by atoms with E-state index >= 15 is 0 Å². The van der Waals surface area contributed by atoms with Gasteiger partial charge in [0.1, 0.15) is 5.92 Å². The van der Waals surface area contributed by atoms with Crippen molar-refractivity contribution in [2.24, 2.45) is 4.99 Å². The summed E-state index contributed by atoms with van der Waals surface area (Å²) in [6.07, 6.45) is 1.57. The van der Waals surface area contributed by atoms with Crippen molar-refractivity contribution in [2.45, 2.75) is 12.8 Å². The number of anilines is 2. The first-order chi connectivity index (χ1) is 13.4. The Morgan fingerprint density at radius 3 is 2.43 bits per heavy atom. The molecule has 28 heavy (non-hydrogen) atoms. The fourth-order valence-electron chi connectivity index (χ4n) is 2.55. The zero-order valence-corrected chi connectivity index (χ0v) is 16.6. The van der Waals surface area contributed by atoms with E-state index in [0.717, 1.165) is 11.4 Å². The van der Waals surface area contributed by atoms with Crippen molar-refractivity contribution >= 4 is 40.8 Å². The molecule has 0 bridgehead atoms. The highest BCUT2D eigenvalue weighted by Gasteiger charge is 2.23. The van der Waals surface area contributed by atoms with Gasteiger partial charge in [-0.15, -0.1) is 0 Å². The van der Waals surface area contributed by atoms with Gasteiger partial charge in [0, 0.05) is 42.8 Å². The van der Waals surface area contributed by atoms with Crippen molar-refractivity contribution in [3.8, 4) is 0 Å². The first kappa shape index (κ1) is 19.6. The molecule has 1 aromatic heterocycles. The quantitative estimate of drug-likeness (QED) is 0.606. The van der Waals surface area contributed by atoms with Crippen LogP contribution >= 0.6 is 11.6 Å². The molecule has 1 N–H and O–H groups in total. The number of nitrogens with zero attached hydrogens (tertiary/aromatic N) is 3. The van der Waals surface area contributed by atoms with Crippen LogP contribution in [0.1, 0.15) is 17.4 Å². The molecule has 0 aliphatic heterocycles. The highest BCUT2D eigenvalue weighted by atomic mass is 35.5. The fourth-order valence-corrected chi connectivity index (χ4v) is 2.68. The number of aliphatic imine (C=N–C) groups is 1. The van der Waals surface area contributed by atoms with Crippen LogP contribution in [0.5, 0.6) is 0 Å². The molecule has 7 heteroatoms. The third kappa shape index (κ3) is 4.98. The van der Waals surface area contributed by atoms with Crippen LogP contribution in [0.2, 0.25) is 5.02 Å². The van der Waals surface area contributed by atoms with Crippen molar-refractivity contribution in [1.82, 2.24) is 5.16 Å². The molecular weight excluding hydrogens is 376 g/mol. The second-order valence-electron chi connectivity index (χ2n) is 6.53. The Bertz CT molecular complexity index is 963. The summed E-state index contributed by atoms with van der Waals surface area (Å²) in [5.74, 6) is -0.560. The Kier molecular flexibility index (Phi) is 6.11. The summed E-state index contributed by atoms with van der Waals surface area (Å²) >= 11 is 5.90. The average Bonchev–Trinajstić information content (AvgIpc) is 3.10. The van der Waals surface area contributed by atoms with Crippen molar-refractivity contribution in [1.29, 1.82) is 0 Å². The van der Waals surface area contributed by atoms with Gasteiger partial charge < -0.3 is 14.7 Å². The van der Waals surface area contributed by atoms with Gasteiger partial charge in [0.15, 0.2) is 5.76 Å². The molecule has 0 aliphatic rings. The van der Waals surface area contributed by atoms with E-state index in [2.05, 4.69) is 15.5 Å². The molecule has 3 rings (SSSR count). The minimum atomic E-state index is -0.717. The number of carbonyl (C=O) groups excluding carboxylic acids is 1. The van der Waals surface area contributed by atoms with E-state index in [1.807, 2.05) is 43.3 Å².